The fourth-order valence-corrected chi connectivity index (χ4v) is 13.1. The average molecular weight is 1400 g/mol. The Hall–Kier alpha value is -1.94. The lowest BCUT2D eigenvalue weighted by atomic mass is 9.99. The zero-order valence-corrected chi connectivity index (χ0v) is 63.9. The first-order valence-corrected chi connectivity index (χ1v) is 42.4. The van der Waals surface area contributed by atoms with Gasteiger partial charge >= 0.3 is 39.5 Å². The first-order valence-electron chi connectivity index (χ1n) is 39.4. The standard InChI is InChI=1S/C76H148O17P2/c1-8-11-12-13-14-15-16-17-21-24-27-36-43-50-57-73(78)86-63-71(92-75(80)59-52-45-38-28-25-22-19-18-20-23-26-33-40-47-54-67(4)5)65-90-94(82,83)88-61-70(77)62-89-95(84,85)91-66-72(93-76(81)60-53-46-39-32-30-35-42-49-56-69(7)10-3)64-87-74(79)58-51-44-37-31-29-34-41-48-55-68(6)9-2/h67-72,77H,8-66H2,1-7H3,(H,82,83)(H,84,85)/t68?,69?,70-,71-,72-/m1/s1. The molecule has 0 aromatic rings. The number of hydrogen-bond acceptors (Lipinski definition) is 15. The fraction of sp³-hybridized carbons (Fsp3) is 0.947. The van der Waals surface area contributed by atoms with Crippen LogP contribution in [0.4, 0.5) is 0 Å². The van der Waals surface area contributed by atoms with E-state index in [1.807, 2.05) is 0 Å². The van der Waals surface area contributed by atoms with Crippen LogP contribution in [0.25, 0.3) is 0 Å². The van der Waals surface area contributed by atoms with Gasteiger partial charge in [0.2, 0.25) is 0 Å². The summed E-state index contributed by atoms with van der Waals surface area (Å²) in [7, 11) is -9.91. The van der Waals surface area contributed by atoms with Crippen LogP contribution in [0.15, 0.2) is 0 Å². The highest BCUT2D eigenvalue weighted by Gasteiger charge is 2.30. The molecule has 0 rings (SSSR count). The normalized spacial score (nSPS) is 14.6. The summed E-state index contributed by atoms with van der Waals surface area (Å²) in [5, 5.41) is 10.6. The number of carbonyl (C=O) groups is 4. The Bertz CT molecular complexity index is 1860. The van der Waals surface area contributed by atoms with Crippen LogP contribution < -0.4 is 0 Å². The Morgan fingerprint density at radius 1 is 0.305 bits per heavy atom. The SMILES string of the molecule is CCCCCCCCCCCCCCCCC(=O)OC[C@H](COP(=O)(O)OC[C@@H](O)COP(=O)(O)OC[C@@H](COC(=O)CCCCCCCCCCC(C)CC)OC(=O)CCCCCCCCCCC(C)CC)OC(=O)CCCCCCCCCCCCCCCCC(C)C. The lowest BCUT2D eigenvalue weighted by Gasteiger charge is -2.21. The van der Waals surface area contributed by atoms with E-state index in [1.165, 1.54) is 199 Å². The smallest absolute Gasteiger partial charge is 0.462 e. The molecule has 19 heteroatoms. The van der Waals surface area contributed by atoms with Gasteiger partial charge in [0.15, 0.2) is 12.2 Å². The molecule has 95 heavy (non-hydrogen) atoms. The van der Waals surface area contributed by atoms with Crippen LogP contribution in [0.2, 0.25) is 0 Å². The van der Waals surface area contributed by atoms with Gasteiger partial charge in [-0.3, -0.25) is 37.3 Å². The second kappa shape index (κ2) is 66.6. The molecule has 7 atom stereocenters. The van der Waals surface area contributed by atoms with Crippen molar-refractivity contribution >= 4 is 39.5 Å². The molecule has 4 unspecified atom stereocenters. The molecule has 0 saturated heterocycles. The Kier molecular flexibility index (Phi) is 65.2. The van der Waals surface area contributed by atoms with Gasteiger partial charge in [0, 0.05) is 25.7 Å². The number of aliphatic hydroxyl groups is 1. The van der Waals surface area contributed by atoms with E-state index < -0.39 is 97.5 Å². The van der Waals surface area contributed by atoms with Gasteiger partial charge in [0.1, 0.15) is 19.3 Å². The number of carbonyl (C=O) groups excluding carboxylic acids is 4. The summed E-state index contributed by atoms with van der Waals surface area (Å²) >= 11 is 0. The van der Waals surface area contributed by atoms with Crippen LogP contribution in [0.3, 0.4) is 0 Å². The topological polar surface area (TPSA) is 237 Å². The number of esters is 4. The van der Waals surface area contributed by atoms with Gasteiger partial charge in [0.05, 0.1) is 26.4 Å². The lowest BCUT2D eigenvalue weighted by molar-refractivity contribution is -0.161. The predicted octanol–water partition coefficient (Wildman–Crippen LogP) is 22.2. The van der Waals surface area contributed by atoms with Crippen molar-refractivity contribution in [1.29, 1.82) is 0 Å². The van der Waals surface area contributed by atoms with Gasteiger partial charge in [-0.05, 0) is 43.4 Å². The zero-order valence-electron chi connectivity index (χ0n) is 62.1. The zero-order chi connectivity index (χ0) is 70.1. The molecule has 0 saturated carbocycles. The van der Waals surface area contributed by atoms with Crippen molar-refractivity contribution in [3.05, 3.63) is 0 Å². The Morgan fingerprint density at radius 2 is 0.537 bits per heavy atom. The molecule has 0 bridgehead atoms. The molecular formula is C76H148O17P2. The number of ether oxygens (including phenoxy) is 4. The first-order chi connectivity index (χ1) is 45.8. The third-order valence-corrected chi connectivity index (χ3v) is 20.3. The molecule has 564 valence electrons. The minimum Gasteiger partial charge on any atom is -0.462 e. The molecule has 0 fully saturated rings. The second-order valence-electron chi connectivity index (χ2n) is 28.4. The summed E-state index contributed by atoms with van der Waals surface area (Å²) in [4.78, 5) is 72.8. The molecule has 0 amide bonds. The molecule has 0 spiro atoms. The predicted molar refractivity (Wildman–Crippen MR) is 386 cm³/mol. The highest BCUT2D eigenvalue weighted by Crippen LogP contribution is 2.45. The highest BCUT2D eigenvalue weighted by atomic mass is 31.2. The van der Waals surface area contributed by atoms with E-state index >= 15 is 0 Å². The summed E-state index contributed by atoms with van der Waals surface area (Å²) in [5.41, 5.74) is 0. The van der Waals surface area contributed by atoms with Crippen LogP contribution in [0, 0.1) is 17.8 Å². The van der Waals surface area contributed by atoms with E-state index in [2.05, 4.69) is 48.5 Å². The van der Waals surface area contributed by atoms with Gasteiger partial charge < -0.3 is 33.8 Å². The maximum Gasteiger partial charge on any atom is 0.472 e. The third kappa shape index (κ3) is 67.6. The van der Waals surface area contributed by atoms with Gasteiger partial charge in [-0.15, -0.1) is 0 Å². The van der Waals surface area contributed by atoms with E-state index in [1.54, 1.807) is 0 Å². The van der Waals surface area contributed by atoms with Crippen molar-refractivity contribution in [2.75, 3.05) is 39.6 Å². The lowest BCUT2D eigenvalue weighted by Crippen LogP contribution is -2.30. The van der Waals surface area contributed by atoms with Crippen molar-refractivity contribution in [2.45, 2.75) is 407 Å². The molecular weight excluding hydrogens is 1250 g/mol. The quantitative estimate of drug-likeness (QED) is 0.0222. The number of phosphoric ester groups is 2. The fourth-order valence-electron chi connectivity index (χ4n) is 11.5. The van der Waals surface area contributed by atoms with E-state index in [9.17, 15) is 43.2 Å². The molecule has 3 N–H and O–H groups in total. The van der Waals surface area contributed by atoms with E-state index in [-0.39, 0.29) is 25.7 Å². The largest absolute Gasteiger partial charge is 0.472 e. The monoisotopic (exact) mass is 1400 g/mol. The van der Waals surface area contributed by atoms with Gasteiger partial charge in [-0.2, -0.15) is 0 Å². The first kappa shape index (κ1) is 93.1. The molecule has 0 radical (unpaired) electrons. The second-order valence-corrected chi connectivity index (χ2v) is 31.3. The number of hydrogen-bond donors (Lipinski definition) is 3. The number of rotatable bonds is 74. The maximum atomic E-state index is 13.1. The van der Waals surface area contributed by atoms with E-state index in [4.69, 9.17) is 37.0 Å². The Morgan fingerprint density at radius 3 is 0.800 bits per heavy atom. The third-order valence-electron chi connectivity index (χ3n) is 18.4. The molecule has 0 aromatic heterocycles. The summed E-state index contributed by atoms with van der Waals surface area (Å²) in [5.74, 6) is 0.224. The van der Waals surface area contributed by atoms with Gasteiger partial charge in [0.25, 0.3) is 0 Å². The van der Waals surface area contributed by atoms with Crippen molar-refractivity contribution in [3.8, 4) is 0 Å². The summed E-state index contributed by atoms with van der Waals surface area (Å²) < 4.78 is 68.6. The van der Waals surface area contributed by atoms with Crippen LogP contribution in [0.1, 0.15) is 389 Å². The average Bonchev–Trinajstić information content (AvgIpc) is 1.91. The van der Waals surface area contributed by atoms with Crippen LogP contribution >= 0.6 is 15.6 Å². The maximum absolute atomic E-state index is 13.1. The van der Waals surface area contributed by atoms with E-state index in [0.717, 1.165) is 108 Å². The van der Waals surface area contributed by atoms with Gasteiger partial charge in [-0.1, -0.05) is 337 Å². The Balaban J connectivity index is 5.27. The van der Waals surface area contributed by atoms with Crippen LogP contribution in [-0.2, 0) is 65.4 Å². The highest BCUT2D eigenvalue weighted by molar-refractivity contribution is 7.47. The van der Waals surface area contributed by atoms with Crippen molar-refractivity contribution in [1.82, 2.24) is 0 Å². The molecule has 0 aliphatic rings. The van der Waals surface area contributed by atoms with Crippen LogP contribution in [-0.4, -0.2) is 96.7 Å². The van der Waals surface area contributed by atoms with Crippen molar-refractivity contribution in [2.24, 2.45) is 17.8 Å². The minimum absolute atomic E-state index is 0.104. The molecule has 0 aliphatic carbocycles. The molecule has 0 aromatic carbocycles. The number of unbranched alkanes of at least 4 members (excludes halogenated alkanes) is 40. The molecule has 0 heterocycles. The number of aliphatic hydroxyl groups excluding tert-OH is 1. The summed E-state index contributed by atoms with van der Waals surface area (Å²) in [6.07, 6.45) is 52.5. The van der Waals surface area contributed by atoms with E-state index in [0.29, 0.717) is 25.7 Å². The van der Waals surface area contributed by atoms with Crippen molar-refractivity contribution in [3.63, 3.8) is 0 Å². The van der Waals surface area contributed by atoms with Crippen LogP contribution in [0.5, 0.6) is 0 Å². The molecule has 17 nitrogen and oxygen atoms in total. The number of phosphoric acid groups is 2. The van der Waals surface area contributed by atoms with Gasteiger partial charge in [-0.25, -0.2) is 9.13 Å². The summed E-state index contributed by atoms with van der Waals surface area (Å²) in [6, 6.07) is 0. The molecule has 0 aliphatic heterocycles. The van der Waals surface area contributed by atoms with Crippen molar-refractivity contribution < 1.29 is 80.2 Å². The minimum atomic E-state index is -4.96. The Labute approximate surface area is 581 Å². The summed E-state index contributed by atoms with van der Waals surface area (Å²) in [6.45, 7) is 11.9.